The van der Waals surface area contributed by atoms with E-state index in [2.05, 4.69) is 0 Å². The van der Waals surface area contributed by atoms with E-state index in [4.69, 9.17) is 12.2 Å². The van der Waals surface area contributed by atoms with Crippen LogP contribution < -0.4 is 4.90 Å². The summed E-state index contributed by atoms with van der Waals surface area (Å²) in [5, 5.41) is 0.537. The standard InChI is InChI=1S/C16H14N2OS/c1-17-14(12-8-4-2-5-9-12)15(19)18(16(17)20)13-10-6-3-7-11-13/h2-11,14H,1H3. The Labute approximate surface area is 123 Å². The maximum atomic E-state index is 12.7. The van der Waals surface area contributed by atoms with Gasteiger partial charge in [-0.05, 0) is 29.9 Å². The Morgan fingerprint density at radius 3 is 2.10 bits per heavy atom. The lowest BCUT2D eigenvalue weighted by atomic mass is 10.1. The van der Waals surface area contributed by atoms with Crippen LogP contribution in [0.4, 0.5) is 5.69 Å². The van der Waals surface area contributed by atoms with Gasteiger partial charge in [0.2, 0.25) is 0 Å². The molecule has 4 heteroatoms. The normalized spacial score (nSPS) is 18.8. The summed E-state index contributed by atoms with van der Waals surface area (Å²) in [6.45, 7) is 0. The zero-order chi connectivity index (χ0) is 14.1. The van der Waals surface area contributed by atoms with Gasteiger partial charge in [0.05, 0.1) is 5.69 Å². The fraction of sp³-hybridized carbons (Fsp3) is 0.125. The Morgan fingerprint density at radius 1 is 0.950 bits per heavy atom. The van der Waals surface area contributed by atoms with E-state index in [9.17, 15) is 4.79 Å². The second kappa shape index (κ2) is 5.06. The second-order valence-electron chi connectivity index (χ2n) is 4.72. The highest BCUT2D eigenvalue weighted by Crippen LogP contribution is 2.32. The molecule has 1 fully saturated rings. The third-order valence-electron chi connectivity index (χ3n) is 3.46. The average Bonchev–Trinajstić information content (AvgIpc) is 2.71. The van der Waals surface area contributed by atoms with Crippen molar-refractivity contribution in [2.24, 2.45) is 0 Å². The average molecular weight is 282 g/mol. The summed E-state index contributed by atoms with van der Waals surface area (Å²) >= 11 is 5.43. The van der Waals surface area contributed by atoms with Crippen LogP contribution in [0.5, 0.6) is 0 Å². The van der Waals surface area contributed by atoms with E-state index in [1.807, 2.05) is 72.6 Å². The first kappa shape index (κ1) is 12.8. The van der Waals surface area contributed by atoms with Crippen molar-refractivity contribution in [1.82, 2.24) is 4.90 Å². The summed E-state index contributed by atoms with van der Waals surface area (Å²) in [5.41, 5.74) is 1.77. The van der Waals surface area contributed by atoms with E-state index in [-0.39, 0.29) is 11.9 Å². The number of anilines is 1. The number of likely N-dealkylation sites (N-methyl/N-ethyl adjacent to an activating group) is 1. The molecule has 1 aliphatic heterocycles. The summed E-state index contributed by atoms with van der Waals surface area (Å²) in [5.74, 6) is -0.00472. The Kier molecular flexibility index (Phi) is 3.24. The second-order valence-corrected chi connectivity index (χ2v) is 5.08. The van der Waals surface area contributed by atoms with E-state index >= 15 is 0 Å². The minimum atomic E-state index is -0.344. The molecule has 1 saturated heterocycles. The largest absolute Gasteiger partial charge is 0.336 e. The monoisotopic (exact) mass is 282 g/mol. The number of para-hydroxylation sites is 1. The Bertz CT molecular complexity index is 642. The van der Waals surface area contributed by atoms with Crippen molar-refractivity contribution in [3.63, 3.8) is 0 Å². The molecular weight excluding hydrogens is 268 g/mol. The molecule has 0 saturated carbocycles. The SMILES string of the molecule is CN1C(=S)N(c2ccccc2)C(=O)C1c1ccccc1. The van der Waals surface area contributed by atoms with Crippen LogP contribution in [0.2, 0.25) is 0 Å². The highest BCUT2D eigenvalue weighted by atomic mass is 32.1. The number of amides is 1. The van der Waals surface area contributed by atoms with Crippen molar-refractivity contribution in [3.8, 4) is 0 Å². The molecule has 0 aliphatic carbocycles. The predicted octanol–water partition coefficient (Wildman–Crippen LogP) is 2.99. The molecule has 20 heavy (non-hydrogen) atoms. The quantitative estimate of drug-likeness (QED) is 0.791. The number of thiocarbonyl (C=S) groups is 1. The van der Waals surface area contributed by atoms with Crippen LogP contribution >= 0.6 is 12.2 Å². The van der Waals surface area contributed by atoms with Gasteiger partial charge < -0.3 is 4.90 Å². The van der Waals surface area contributed by atoms with Crippen LogP contribution in [0.25, 0.3) is 0 Å². The molecule has 0 N–H and O–H groups in total. The number of hydrogen-bond donors (Lipinski definition) is 0. The first-order valence-electron chi connectivity index (χ1n) is 6.41. The van der Waals surface area contributed by atoms with Crippen LogP contribution in [-0.2, 0) is 4.79 Å². The summed E-state index contributed by atoms with van der Waals surface area (Å²) in [6, 6.07) is 18.9. The summed E-state index contributed by atoms with van der Waals surface area (Å²) in [7, 11) is 1.86. The van der Waals surface area contributed by atoms with Crippen LogP contribution in [-0.4, -0.2) is 23.0 Å². The van der Waals surface area contributed by atoms with Gasteiger partial charge in [0.1, 0.15) is 6.04 Å². The van der Waals surface area contributed by atoms with Gasteiger partial charge in [0, 0.05) is 7.05 Å². The van der Waals surface area contributed by atoms with E-state index in [0.29, 0.717) is 5.11 Å². The molecule has 3 rings (SSSR count). The molecule has 0 bridgehead atoms. The zero-order valence-electron chi connectivity index (χ0n) is 11.1. The van der Waals surface area contributed by atoms with Crippen LogP contribution in [0.3, 0.4) is 0 Å². The maximum absolute atomic E-state index is 12.7. The van der Waals surface area contributed by atoms with Crippen molar-refractivity contribution in [3.05, 3.63) is 66.2 Å². The fourth-order valence-electron chi connectivity index (χ4n) is 2.47. The molecule has 2 aromatic carbocycles. The molecule has 100 valence electrons. The van der Waals surface area contributed by atoms with Crippen molar-refractivity contribution in [2.45, 2.75) is 6.04 Å². The number of carbonyl (C=O) groups is 1. The fourth-order valence-corrected chi connectivity index (χ4v) is 2.77. The predicted molar refractivity (Wildman–Crippen MR) is 83.5 cm³/mol. The van der Waals surface area contributed by atoms with Gasteiger partial charge in [-0.3, -0.25) is 9.69 Å². The third kappa shape index (κ3) is 1.98. The zero-order valence-corrected chi connectivity index (χ0v) is 11.9. The van der Waals surface area contributed by atoms with E-state index in [1.54, 1.807) is 4.90 Å². The molecule has 1 atom stereocenters. The lowest BCUT2D eigenvalue weighted by Crippen LogP contribution is -2.30. The molecule has 1 heterocycles. The molecule has 1 unspecified atom stereocenters. The van der Waals surface area contributed by atoms with Crippen LogP contribution in [0, 0.1) is 0 Å². The van der Waals surface area contributed by atoms with Gasteiger partial charge in [-0.1, -0.05) is 48.5 Å². The van der Waals surface area contributed by atoms with Crippen molar-refractivity contribution >= 4 is 28.9 Å². The Hall–Kier alpha value is -2.20. The Morgan fingerprint density at radius 2 is 1.50 bits per heavy atom. The van der Waals surface area contributed by atoms with Crippen LogP contribution in [0.1, 0.15) is 11.6 Å². The van der Waals surface area contributed by atoms with Gasteiger partial charge in [-0.15, -0.1) is 0 Å². The Balaban J connectivity index is 2.01. The molecule has 3 nitrogen and oxygen atoms in total. The summed E-state index contributed by atoms with van der Waals surface area (Å²) in [4.78, 5) is 16.2. The minimum absolute atomic E-state index is 0.00472. The van der Waals surface area contributed by atoms with Crippen LogP contribution in [0.15, 0.2) is 60.7 Å². The summed E-state index contributed by atoms with van der Waals surface area (Å²) in [6.07, 6.45) is 0. The smallest absolute Gasteiger partial charge is 0.260 e. The van der Waals surface area contributed by atoms with Crippen molar-refractivity contribution in [1.29, 1.82) is 0 Å². The van der Waals surface area contributed by atoms with Crippen molar-refractivity contribution in [2.75, 3.05) is 11.9 Å². The van der Waals surface area contributed by atoms with Gasteiger partial charge in [0.25, 0.3) is 5.91 Å². The van der Waals surface area contributed by atoms with Gasteiger partial charge in [-0.25, -0.2) is 0 Å². The highest BCUT2D eigenvalue weighted by molar-refractivity contribution is 7.80. The minimum Gasteiger partial charge on any atom is -0.336 e. The summed E-state index contributed by atoms with van der Waals surface area (Å²) < 4.78 is 0. The maximum Gasteiger partial charge on any atom is 0.260 e. The van der Waals surface area contributed by atoms with E-state index in [0.717, 1.165) is 11.3 Å². The lowest BCUT2D eigenvalue weighted by Gasteiger charge is -2.18. The van der Waals surface area contributed by atoms with E-state index in [1.165, 1.54) is 0 Å². The molecular formula is C16H14N2OS. The first-order chi connectivity index (χ1) is 9.70. The molecule has 2 aromatic rings. The number of nitrogens with zero attached hydrogens (tertiary/aromatic N) is 2. The number of hydrogen-bond acceptors (Lipinski definition) is 2. The van der Waals surface area contributed by atoms with E-state index < -0.39 is 0 Å². The van der Waals surface area contributed by atoms with Crippen molar-refractivity contribution < 1.29 is 4.79 Å². The molecule has 0 radical (unpaired) electrons. The molecule has 0 aromatic heterocycles. The molecule has 1 aliphatic rings. The van der Waals surface area contributed by atoms with Gasteiger partial charge in [0.15, 0.2) is 5.11 Å². The molecule has 1 amide bonds. The number of rotatable bonds is 2. The highest BCUT2D eigenvalue weighted by Gasteiger charge is 2.41. The van der Waals surface area contributed by atoms with Gasteiger partial charge >= 0.3 is 0 Å². The lowest BCUT2D eigenvalue weighted by molar-refractivity contribution is -0.119. The number of carbonyl (C=O) groups excluding carboxylic acids is 1. The third-order valence-corrected chi connectivity index (χ3v) is 3.93. The van der Waals surface area contributed by atoms with Gasteiger partial charge in [-0.2, -0.15) is 0 Å². The first-order valence-corrected chi connectivity index (χ1v) is 6.82. The topological polar surface area (TPSA) is 23.6 Å². The number of benzene rings is 2. The molecule has 0 spiro atoms.